The minimum absolute atomic E-state index is 0.330. The fourth-order valence-electron chi connectivity index (χ4n) is 2.54. The molecule has 16 heavy (non-hydrogen) atoms. The summed E-state index contributed by atoms with van der Waals surface area (Å²) in [4.78, 5) is 4.40. The molecule has 0 aromatic carbocycles. The maximum absolute atomic E-state index is 8.58. The maximum Gasteiger partial charge on any atom is 0.153 e. The summed E-state index contributed by atoms with van der Waals surface area (Å²) in [7, 11) is 0. The first-order chi connectivity index (χ1) is 7.83. The van der Waals surface area contributed by atoms with E-state index in [4.69, 9.17) is 5.26 Å². The van der Waals surface area contributed by atoms with Crippen LogP contribution in [0.3, 0.4) is 0 Å². The third-order valence-corrected chi connectivity index (χ3v) is 3.52. The fourth-order valence-corrected chi connectivity index (χ4v) is 2.54. The molecule has 2 atom stereocenters. The molecule has 1 heterocycles. The van der Waals surface area contributed by atoms with Gasteiger partial charge in [-0.15, -0.1) is 0 Å². The van der Waals surface area contributed by atoms with Crippen LogP contribution in [0.15, 0.2) is 0 Å². The average molecular weight is 218 g/mol. The minimum atomic E-state index is 0.330. The maximum atomic E-state index is 8.58. The number of hydrogen-bond acceptors (Lipinski definition) is 3. The van der Waals surface area contributed by atoms with E-state index >= 15 is 0 Å². The van der Waals surface area contributed by atoms with Gasteiger partial charge in [-0.3, -0.25) is 5.10 Å². The highest BCUT2D eigenvalue weighted by molar-refractivity contribution is 5.02. The topological polar surface area (TPSA) is 65.4 Å². The van der Waals surface area contributed by atoms with Gasteiger partial charge in [0.2, 0.25) is 0 Å². The third kappa shape index (κ3) is 2.41. The number of hydrogen-bond donors (Lipinski definition) is 1. The van der Waals surface area contributed by atoms with E-state index in [1.807, 2.05) is 0 Å². The summed E-state index contributed by atoms with van der Waals surface area (Å²) in [6.45, 7) is 2.26. The van der Waals surface area contributed by atoms with Crippen LogP contribution in [0.5, 0.6) is 0 Å². The molecule has 4 heteroatoms. The zero-order valence-corrected chi connectivity index (χ0v) is 9.74. The van der Waals surface area contributed by atoms with E-state index in [1.54, 1.807) is 0 Å². The predicted octanol–water partition coefficient (Wildman–Crippen LogP) is 2.55. The van der Waals surface area contributed by atoms with E-state index in [9.17, 15) is 0 Å². The molecule has 0 aliphatic heterocycles. The molecule has 1 aromatic rings. The molecule has 2 rings (SSSR count). The van der Waals surface area contributed by atoms with Crippen molar-refractivity contribution in [2.75, 3.05) is 0 Å². The normalized spacial score (nSPS) is 25.2. The minimum Gasteiger partial charge on any atom is -0.262 e. The van der Waals surface area contributed by atoms with Crippen molar-refractivity contribution in [1.82, 2.24) is 15.2 Å². The number of nitriles is 1. The van der Waals surface area contributed by atoms with Crippen LogP contribution in [0.1, 0.15) is 56.6 Å². The van der Waals surface area contributed by atoms with E-state index in [1.165, 1.54) is 32.1 Å². The molecule has 86 valence electrons. The fraction of sp³-hybridized carbons (Fsp3) is 0.750. The van der Waals surface area contributed by atoms with Gasteiger partial charge in [0.25, 0.3) is 0 Å². The van der Waals surface area contributed by atoms with Gasteiger partial charge in [-0.2, -0.15) is 10.4 Å². The molecule has 0 saturated heterocycles. The molecule has 1 saturated carbocycles. The van der Waals surface area contributed by atoms with Crippen molar-refractivity contribution in [1.29, 1.82) is 5.26 Å². The summed E-state index contributed by atoms with van der Waals surface area (Å²) in [6, 6.07) is 2.09. The molecular weight excluding hydrogens is 200 g/mol. The number of H-pyrrole nitrogens is 1. The van der Waals surface area contributed by atoms with Gasteiger partial charge < -0.3 is 0 Å². The summed E-state index contributed by atoms with van der Waals surface area (Å²) in [5.41, 5.74) is 0. The summed E-state index contributed by atoms with van der Waals surface area (Å²) < 4.78 is 0. The standard InChI is InChI=1S/C12H18N4/c1-2-9-4-3-5-10(8-9)12-14-11(6-7-13)15-16-12/h9-10H,2-6,8H2,1H3,(H,14,15,16). The quantitative estimate of drug-likeness (QED) is 0.847. The van der Waals surface area contributed by atoms with Crippen LogP contribution in [0.4, 0.5) is 0 Å². The first kappa shape index (κ1) is 11.1. The molecule has 1 fully saturated rings. The van der Waals surface area contributed by atoms with E-state index in [0.29, 0.717) is 18.2 Å². The van der Waals surface area contributed by atoms with E-state index in [0.717, 1.165) is 11.7 Å². The van der Waals surface area contributed by atoms with Crippen LogP contribution in [0.2, 0.25) is 0 Å². The van der Waals surface area contributed by atoms with E-state index in [-0.39, 0.29) is 0 Å². The Balaban J connectivity index is 2.02. The molecule has 1 N–H and O–H groups in total. The highest BCUT2D eigenvalue weighted by Crippen LogP contribution is 2.35. The lowest BCUT2D eigenvalue weighted by Crippen LogP contribution is -2.14. The first-order valence-electron chi connectivity index (χ1n) is 6.11. The summed E-state index contributed by atoms with van der Waals surface area (Å²) in [5.74, 6) is 2.96. The second-order valence-corrected chi connectivity index (χ2v) is 4.61. The van der Waals surface area contributed by atoms with Gasteiger partial charge in [-0.25, -0.2) is 4.98 Å². The Hall–Kier alpha value is -1.37. The number of nitrogens with one attached hydrogen (secondary N) is 1. The van der Waals surface area contributed by atoms with Gasteiger partial charge >= 0.3 is 0 Å². The summed E-state index contributed by atoms with van der Waals surface area (Å²) in [6.07, 6.45) is 6.62. The molecular formula is C12H18N4. The van der Waals surface area contributed by atoms with Gasteiger partial charge in [0.05, 0.1) is 12.5 Å². The second-order valence-electron chi connectivity index (χ2n) is 4.61. The molecule has 1 aliphatic rings. The summed E-state index contributed by atoms with van der Waals surface area (Å²) in [5, 5.41) is 15.7. The third-order valence-electron chi connectivity index (χ3n) is 3.52. The van der Waals surface area contributed by atoms with Crippen LogP contribution in [0, 0.1) is 17.2 Å². The van der Waals surface area contributed by atoms with Crippen molar-refractivity contribution in [2.24, 2.45) is 5.92 Å². The molecule has 0 bridgehead atoms. The van der Waals surface area contributed by atoms with Crippen molar-refractivity contribution < 1.29 is 0 Å². The monoisotopic (exact) mass is 218 g/mol. The van der Waals surface area contributed by atoms with Crippen LogP contribution >= 0.6 is 0 Å². The zero-order chi connectivity index (χ0) is 11.4. The SMILES string of the molecule is CCC1CCCC(c2n[nH]c(CC#N)n2)C1. The van der Waals surface area contributed by atoms with E-state index < -0.39 is 0 Å². The van der Waals surface area contributed by atoms with Crippen molar-refractivity contribution in [3.05, 3.63) is 11.6 Å². The van der Waals surface area contributed by atoms with Crippen molar-refractivity contribution in [3.63, 3.8) is 0 Å². The Kier molecular flexibility index (Phi) is 3.55. The first-order valence-corrected chi connectivity index (χ1v) is 6.11. The lowest BCUT2D eigenvalue weighted by Gasteiger charge is -2.26. The van der Waals surface area contributed by atoms with Crippen molar-refractivity contribution in [3.8, 4) is 6.07 Å². The summed E-state index contributed by atoms with van der Waals surface area (Å²) >= 11 is 0. The number of rotatable bonds is 3. The Bertz CT molecular complexity index is 377. The molecule has 1 aromatic heterocycles. The molecule has 0 radical (unpaired) electrons. The van der Waals surface area contributed by atoms with Crippen LogP contribution in [0.25, 0.3) is 0 Å². The van der Waals surface area contributed by atoms with Gasteiger partial charge in [-0.05, 0) is 18.8 Å². The van der Waals surface area contributed by atoms with Crippen molar-refractivity contribution in [2.45, 2.75) is 51.4 Å². The molecule has 4 nitrogen and oxygen atoms in total. The largest absolute Gasteiger partial charge is 0.262 e. The number of nitrogens with zero attached hydrogens (tertiary/aromatic N) is 3. The van der Waals surface area contributed by atoms with Crippen LogP contribution < -0.4 is 0 Å². The van der Waals surface area contributed by atoms with Gasteiger partial charge in [0, 0.05) is 5.92 Å². The van der Waals surface area contributed by atoms with Gasteiger partial charge in [0.15, 0.2) is 5.82 Å². The Morgan fingerprint density at radius 3 is 3.12 bits per heavy atom. The molecule has 0 amide bonds. The Morgan fingerprint density at radius 2 is 2.38 bits per heavy atom. The average Bonchev–Trinajstić information content (AvgIpc) is 2.78. The zero-order valence-electron chi connectivity index (χ0n) is 9.74. The molecule has 0 spiro atoms. The highest BCUT2D eigenvalue weighted by Gasteiger charge is 2.24. The van der Waals surface area contributed by atoms with Crippen LogP contribution in [-0.2, 0) is 6.42 Å². The highest BCUT2D eigenvalue weighted by atomic mass is 15.2. The molecule has 1 aliphatic carbocycles. The molecule has 2 unspecified atom stereocenters. The van der Waals surface area contributed by atoms with Crippen LogP contribution in [-0.4, -0.2) is 15.2 Å². The Morgan fingerprint density at radius 1 is 1.50 bits per heavy atom. The number of aromatic nitrogens is 3. The van der Waals surface area contributed by atoms with Crippen molar-refractivity contribution >= 4 is 0 Å². The van der Waals surface area contributed by atoms with Gasteiger partial charge in [-0.1, -0.05) is 26.2 Å². The second kappa shape index (κ2) is 5.11. The lowest BCUT2D eigenvalue weighted by atomic mass is 9.80. The van der Waals surface area contributed by atoms with E-state index in [2.05, 4.69) is 28.2 Å². The number of aromatic amines is 1. The Labute approximate surface area is 96.1 Å². The predicted molar refractivity (Wildman–Crippen MR) is 60.7 cm³/mol. The van der Waals surface area contributed by atoms with Gasteiger partial charge in [0.1, 0.15) is 5.82 Å². The smallest absolute Gasteiger partial charge is 0.153 e. The lowest BCUT2D eigenvalue weighted by molar-refractivity contribution is 0.307.